The van der Waals surface area contributed by atoms with Gasteiger partial charge in [-0.25, -0.2) is 9.98 Å². The van der Waals surface area contributed by atoms with Gasteiger partial charge in [0, 0.05) is 13.6 Å². The lowest BCUT2D eigenvalue weighted by atomic mass is 10.3. The van der Waals surface area contributed by atoms with E-state index in [0.717, 1.165) is 34.7 Å². The molecule has 0 amide bonds. The van der Waals surface area contributed by atoms with Crippen LogP contribution in [0.3, 0.4) is 0 Å². The minimum Gasteiger partial charge on any atom is -0.447 e. The van der Waals surface area contributed by atoms with E-state index in [4.69, 9.17) is 9.47 Å². The number of nitrogens with zero attached hydrogens (tertiary/aromatic N) is 3. The van der Waals surface area contributed by atoms with Crippen LogP contribution in [0.1, 0.15) is 39.8 Å². The van der Waals surface area contributed by atoms with Gasteiger partial charge in [0.15, 0.2) is 6.29 Å². The highest BCUT2D eigenvalue weighted by Crippen LogP contribution is 2.30. The highest BCUT2D eigenvalue weighted by molar-refractivity contribution is 9.10. The van der Waals surface area contributed by atoms with Gasteiger partial charge >= 0.3 is 0 Å². The maximum absolute atomic E-state index is 5.72. The van der Waals surface area contributed by atoms with E-state index in [1.54, 1.807) is 0 Å². The van der Waals surface area contributed by atoms with Gasteiger partial charge in [0.25, 0.3) is 0 Å². The molecule has 0 spiro atoms. The number of rotatable bonds is 7. The average Bonchev–Trinajstić information content (AvgIpc) is 2.49. The van der Waals surface area contributed by atoms with Crippen LogP contribution in [0, 0.1) is 6.92 Å². The molecule has 0 aliphatic rings. The van der Waals surface area contributed by atoms with Crippen LogP contribution in [-0.2, 0) is 4.74 Å². The number of halogens is 1. The fraction of sp³-hybridized carbons (Fsp3) is 0.625. The number of aliphatic imine (C=N–C) groups is 1. The summed E-state index contributed by atoms with van der Waals surface area (Å²) in [6, 6.07) is 1.93. The maximum Gasteiger partial charge on any atom is 0.230 e. The molecule has 0 aromatic carbocycles. The van der Waals surface area contributed by atoms with Crippen molar-refractivity contribution < 1.29 is 9.47 Å². The van der Waals surface area contributed by atoms with Crippen molar-refractivity contribution in [2.75, 3.05) is 20.2 Å². The van der Waals surface area contributed by atoms with Crippen LogP contribution in [0.25, 0.3) is 0 Å². The van der Waals surface area contributed by atoms with Crippen LogP contribution in [0.15, 0.2) is 15.5 Å². The molecule has 0 N–H and O–H groups in total. The van der Waals surface area contributed by atoms with E-state index in [1.807, 2.05) is 33.9 Å². The van der Waals surface area contributed by atoms with E-state index in [2.05, 4.69) is 44.7 Å². The zero-order valence-electron chi connectivity index (χ0n) is 14.3. The molecule has 5 nitrogen and oxygen atoms in total. The van der Waals surface area contributed by atoms with Gasteiger partial charge in [-0.1, -0.05) is 6.92 Å². The molecule has 1 aromatic heterocycles. The van der Waals surface area contributed by atoms with Crippen molar-refractivity contribution in [3.05, 3.63) is 16.2 Å². The second-order valence-electron chi connectivity index (χ2n) is 5.11. The fourth-order valence-corrected chi connectivity index (χ4v) is 2.11. The van der Waals surface area contributed by atoms with Crippen molar-refractivity contribution in [3.63, 3.8) is 0 Å². The van der Waals surface area contributed by atoms with Crippen LogP contribution in [0.4, 0.5) is 5.69 Å². The molecule has 0 radical (unpaired) electrons. The van der Waals surface area contributed by atoms with Crippen molar-refractivity contribution in [2.24, 2.45) is 4.99 Å². The molecular formula is C16H26BrN3O2. The molecule has 22 heavy (non-hydrogen) atoms. The Kier molecular flexibility index (Phi) is 7.82. The predicted molar refractivity (Wildman–Crippen MR) is 94.1 cm³/mol. The maximum atomic E-state index is 5.72. The van der Waals surface area contributed by atoms with Gasteiger partial charge in [-0.15, -0.1) is 0 Å². The highest BCUT2D eigenvalue weighted by atomic mass is 79.9. The first-order valence-electron chi connectivity index (χ1n) is 7.60. The number of aromatic nitrogens is 1. The van der Waals surface area contributed by atoms with Crippen LogP contribution < -0.4 is 4.74 Å². The van der Waals surface area contributed by atoms with Gasteiger partial charge in [0.2, 0.25) is 5.88 Å². The number of ether oxygens (including phenoxy) is 2. The average molecular weight is 372 g/mol. The summed E-state index contributed by atoms with van der Waals surface area (Å²) < 4.78 is 12.0. The zero-order valence-corrected chi connectivity index (χ0v) is 15.9. The van der Waals surface area contributed by atoms with Gasteiger partial charge in [-0.05, 0) is 56.1 Å². The molecule has 1 heterocycles. The first-order valence-corrected chi connectivity index (χ1v) is 8.40. The third-order valence-electron chi connectivity index (χ3n) is 3.25. The molecular weight excluding hydrogens is 346 g/mol. The summed E-state index contributed by atoms with van der Waals surface area (Å²) in [5, 5.41) is 0. The number of aryl methyl sites for hydroxylation is 1. The van der Waals surface area contributed by atoms with Crippen LogP contribution in [-0.4, -0.2) is 42.2 Å². The second-order valence-corrected chi connectivity index (χ2v) is 5.96. The third kappa shape index (κ3) is 5.57. The summed E-state index contributed by atoms with van der Waals surface area (Å²) in [5.74, 6) is 1.48. The molecule has 0 fully saturated rings. The standard InChI is InChI=1S/C16H26BrN3O2/c1-7-9-21-13(5)22-16-14(17)10-15(11(3)18-16)19-12(4)20(6)8-2/h10,13H,7-9H2,1-6H3. The lowest BCUT2D eigenvalue weighted by Crippen LogP contribution is -2.23. The molecule has 0 aliphatic carbocycles. The van der Waals surface area contributed by atoms with E-state index in [9.17, 15) is 0 Å². The Hall–Kier alpha value is -1.14. The first kappa shape index (κ1) is 18.9. The summed E-state index contributed by atoms with van der Waals surface area (Å²) in [7, 11) is 2.01. The quantitative estimate of drug-likeness (QED) is 0.407. The Labute approximate surface area is 141 Å². The summed E-state index contributed by atoms with van der Waals surface area (Å²) in [5.41, 5.74) is 1.66. The van der Waals surface area contributed by atoms with E-state index < -0.39 is 0 Å². The van der Waals surface area contributed by atoms with Crippen molar-refractivity contribution in [3.8, 4) is 5.88 Å². The molecule has 1 atom stereocenters. The number of hydrogen-bond acceptors (Lipinski definition) is 4. The predicted octanol–water partition coefficient (Wildman–Crippen LogP) is 4.31. The summed E-state index contributed by atoms with van der Waals surface area (Å²) >= 11 is 3.50. The molecule has 0 aliphatic heterocycles. The molecule has 1 unspecified atom stereocenters. The van der Waals surface area contributed by atoms with E-state index in [-0.39, 0.29) is 6.29 Å². The Balaban J connectivity index is 2.92. The minimum absolute atomic E-state index is 0.328. The lowest BCUT2D eigenvalue weighted by molar-refractivity contribution is -0.0690. The second kappa shape index (κ2) is 9.10. The number of pyridine rings is 1. The first-order chi connectivity index (χ1) is 10.4. The van der Waals surface area contributed by atoms with Gasteiger partial charge in [-0.3, -0.25) is 0 Å². The molecule has 124 valence electrons. The highest BCUT2D eigenvalue weighted by Gasteiger charge is 2.12. The smallest absolute Gasteiger partial charge is 0.230 e. The summed E-state index contributed by atoms with van der Waals surface area (Å²) in [6.45, 7) is 11.5. The molecule has 0 saturated carbocycles. The molecule has 0 bridgehead atoms. The number of hydrogen-bond donors (Lipinski definition) is 0. The zero-order chi connectivity index (χ0) is 16.7. The summed E-state index contributed by atoms with van der Waals surface area (Å²) in [6.07, 6.45) is 0.629. The normalized spacial score (nSPS) is 13.1. The van der Waals surface area contributed by atoms with Crippen molar-refractivity contribution in [1.82, 2.24) is 9.88 Å². The van der Waals surface area contributed by atoms with Crippen LogP contribution in [0.2, 0.25) is 0 Å². The molecule has 6 heteroatoms. The van der Waals surface area contributed by atoms with Crippen LogP contribution in [0.5, 0.6) is 5.88 Å². The monoisotopic (exact) mass is 371 g/mol. The fourth-order valence-electron chi connectivity index (χ4n) is 1.71. The van der Waals surface area contributed by atoms with Crippen LogP contribution >= 0.6 is 15.9 Å². The Morgan fingerprint density at radius 3 is 2.73 bits per heavy atom. The Bertz CT molecular complexity index is 520. The van der Waals surface area contributed by atoms with Gasteiger partial charge in [0.05, 0.1) is 22.5 Å². The third-order valence-corrected chi connectivity index (χ3v) is 3.82. The van der Waals surface area contributed by atoms with E-state index >= 15 is 0 Å². The topological polar surface area (TPSA) is 47.0 Å². The Morgan fingerprint density at radius 2 is 2.14 bits per heavy atom. The SMILES string of the molecule is CCCOC(C)Oc1nc(C)c(N=C(C)N(C)CC)cc1Br. The minimum atomic E-state index is -0.328. The van der Waals surface area contributed by atoms with E-state index in [0.29, 0.717) is 12.5 Å². The number of amidine groups is 1. The van der Waals surface area contributed by atoms with Crippen molar-refractivity contribution in [1.29, 1.82) is 0 Å². The molecule has 0 saturated heterocycles. The van der Waals surface area contributed by atoms with Gasteiger partial charge in [0.1, 0.15) is 5.84 Å². The molecule has 1 aromatic rings. The largest absolute Gasteiger partial charge is 0.447 e. The van der Waals surface area contributed by atoms with Gasteiger partial charge < -0.3 is 14.4 Å². The van der Waals surface area contributed by atoms with E-state index in [1.165, 1.54) is 0 Å². The van der Waals surface area contributed by atoms with Crippen molar-refractivity contribution in [2.45, 2.75) is 47.3 Å². The summed E-state index contributed by atoms with van der Waals surface area (Å²) in [4.78, 5) is 11.2. The van der Waals surface area contributed by atoms with Gasteiger partial charge in [-0.2, -0.15) is 0 Å². The molecule has 1 rings (SSSR count). The van der Waals surface area contributed by atoms with Crippen molar-refractivity contribution >= 4 is 27.5 Å². The Morgan fingerprint density at radius 1 is 1.45 bits per heavy atom. The lowest BCUT2D eigenvalue weighted by Gasteiger charge is -2.18.